The Morgan fingerprint density at radius 3 is 2.67 bits per heavy atom. The van der Waals surface area contributed by atoms with Gasteiger partial charge in [0.2, 0.25) is 5.91 Å². The summed E-state index contributed by atoms with van der Waals surface area (Å²) >= 11 is 7.38. The van der Waals surface area contributed by atoms with E-state index in [-0.39, 0.29) is 30.3 Å². The smallest absolute Gasteiger partial charge is 0.248 e. The average Bonchev–Trinajstić information content (AvgIpc) is 2.90. The summed E-state index contributed by atoms with van der Waals surface area (Å²) in [6, 6.07) is 14.5. The Morgan fingerprint density at radius 2 is 1.93 bits per heavy atom. The van der Waals surface area contributed by atoms with Crippen LogP contribution in [0.1, 0.15) is 18.4 Å². The Morgan fingerprint density at radius 1 is 1.19 bits per heavy atom. The molecule has 1 amide bonds. The number of aryl methyl sites for hydroxylation is 1. The van der Waals surface area contributed by atoms with E-state index in [1.807, 2.05) is 41.9 Å². The van der Waals surface area contributed by atoms with Crippen LogP contribution >= 0.6 is 22.9 Å². The van der Waals surface area contributed by atoms with Crippen LogP contribution in [0, 0.1) is 0 Å². The molecular formula is C19H19ClN2O3S2. The first-order valence-corrected chi connectivity index (χ1v) is 11.4. The van der Waals surface area contributed by atoms with E-state index in [1.54, 1.807) is 18.2 Å². The summed E-state index contributed by atoms with van der Waals surface area (Å²) in [5.74, 6) is -0.360. The van der Waals surface area contributed by atoms with Gasteiger partial charge >= 0.3 is 0 Å². The Bertz CT molecular complexity index is 1130. The zero-order valence-corrected chi connectivity index (χ0v) is 17.1. The van der Waals surface area contributed by atoms with Crippen LogP contribution in [0.5, 0.6) is 0 Å². The van der Waals surface area contributed by atoms with Gasteiger partial charge in [-0.05, 0) is 30.2 Å². The van der Waals surface area contributed by atoms with Gasteiger partial charge in [-0.1, -0.05) is 53.3 Å². The maximum atomic E-state index is 12.2. The first kappa shape index (κ1) is 19.8. The number of sulfone groups is 1. The topological polar surface area (TPSA) is 68.5 Å². The van der Waals surface area contributed by atoms with Gasteiger partial charge in [-0.15, -0.1) is 0 Å². The molecule has 0 unspecified atom stereocenters. The van der Waals surface area contributed by atoms with Crippen LogP contribution in [0.25, 0.3) is 10.2 Å². The lowest BCUT2D eigenvalue weighted by Gasteiger charge is -2.03. The minimum Gasteiger partial charge on any atom is -0.319 e. The molecular weight excluding hydrogens is 404 g/mol. The molecule has 0 atom stereocenters. The third-order valence-corrected chi connectivity index (χ3v) is 7.08. The minimum absolute atomic E-state index is 0.00872. The van der Waals surface area contributed by atoms with E-state index >= 15 is 0 Å². The summed E-state index contributed by atoms with van der Waals surface area (Å²) in [7, 11) is -1.41. The number of hydrogen-bond acceptors (Lipinski definition) is 4. The molecule has 0 aliphatic rings. The number of halogens is 1. The van der Waals surface area contributed by atoms with Crippen molar-refractivity contribution in [2.45, 2.75) is 18.6 Å². The molecule has 0 fully saturated rings. The number of rotatable bonds is 6. The second-order valence-electron chi connectivity index (χ2n) is 6.24. The van der Waals surface area contributed by atoms with Crippen LogP contribution in [-0.2, 0) is 27.4 Å². The molecule has 1 aromatic heterocycles. The van der Waals surface area contributed by atoms with Gasteiger partial charge in [-0.3, -0.25) is 4.79 Å². The number of carbonyl (C=O) groups excluding carboxylic acids is 1. The third-order valence-electron chi connectivity index (χ3n) is 4.07. The van der Waals surface area contributed by atoms with E-state index < -0.39 is 9.84 Å². The lowest BCUT2D eigenvalue weighted by Crippen LogP contribution is -2.14. The highest BCUT2D eigenvalue weighted by atomic mass is 35.5. The van der Waals surface area contributed by atoms with Crippen molar-refractivity contribution in [2.24, 2.45) is 12.0 Å². The molecule has 142 valence electrons. The summed E-state index contributed by atoms with van der Waals surface area (Å²) in [4.78, 5) is 16.9. The first-order chi connectivity index (χ1) is 12.8. The molecule has 0 spiro atoms. The molecule has 0 N–H and O–H groups in total. The maximum absolute atomic E-state index is 12.2. The van der Waals surface area contributed by atoms with Crippen molar-refractivity contribution in [1.82, 2.24) is 4.57 Å². The molecule has 5 nitrogen and oxygen atoms in total. The summed E-state index contributed by atoms with van der Waals surface area (Å²) < 4.78 is 27.2. The predicted octanol–water partition coefficient (Wildman–Crippen LogP) is 3.72. The van der Waals surface area contributed by atoms with E-state index in [0.29, 0.717) is 9.82 Å². The number of benzene rings is 2. The highest BCUT2D eigenvalue weighted by Crippen LogP contribution is 2.21. The monoisotopic (exact) mass is 422 g/mol. The van der Waals surface area contributed by atoms with Crippen molar-refractivity contribution in [3.63, 3.8) is 0 Å². The molecule has 27 heavy (non-hydrogen) atoms. The largest absolute Gasteiger partial charge is 0.319 e. The van der Waals surface area contributed by atoms with Crippen LogP contribution in [0.4, 0.5) is 0 Å². The van der Waals surface area contributed by atoms with Crippen molar-refractivity contribution < 1.29 is 13.2 Å². The highest BCUT2D eigenvalue weighted by molar-refractivity contribution is 7.90. The summed E-state index contributed by atoms with van der Waals surface area (Å²) in [5, 5.41) is 0.630. The van der Waals surface area contributed by atoms with Crippen molar-refractivity contribution in [3.05, 3.63) is 63.9 Å². The maximum Gasteiger partial charge on any atom is 0.248 e. The molecule has 0 bridgehead atoms. The summed E-state index contributed by atoms with van der Waals surface area (Å²) in [5.41, 5.74) is 1.70. The van der Waals surface area contributed by atoms with Crippen molar-refractivity contribution in [3.8, 4) is 0 Å². The van der Waals surface area contributed by atoms with Crippen molar-refractivity contribution in [1.29, 1.82) is 0 Å². The zero-order valence-electron chi connectivity index (χ0n) is 14.8. The lowest BCUT2D eigenvalue weighted by molar-refractivity contribution is -0.118. The molecule has 0 saturated carbocycles. The minimum atomic E-state index is -3.25. The summed E-state index contributed by atoms with van der Waals surface area (Å²) in [6.45, 7) is 0. The van der Waals surface area contributed by atoms with Crippen LogP contribution in [0.2, 0.25) is 5.02 Å². The molecule has 8 heteroatoms. The quantitative estimate of drug-likeness (QED) is 0.608. The van der Waals surface area contributed by atoms with Gasteiger partial charge in [0.15, 0.2) is 14.6 Å². The van der Waals surface area contributed by atoms with Gasteiger partial charge in [0.1, 0.15) is 0 Å². The highest BCUT2D eigenvalue weighted by Gasteiger charge is 2.13. The van der Waals surface area contributed by atoms with Crippen LogP contribution in [0.3, 0.4) is 0 Å². The van der Waals surface area contributed by atoms with E-state index in [1.165, 1.54) is 11.3 Å². The Hall–Kier alpha value is -1.96. The molecule has 3 aromatic rings. The van der Waals surface area contributed by atoms with Crippen LogP contribution in [-0.4, -0.2) is 24.6 Å². The first-order valence-electron chi connectivity index (χ1n) is 8.41. The van der Waals surface area contributed by atoms with E-state index in [0.717, 1.165) is 15.8 Å². The van der Waals surface area contributed by atoms with Crippen LogP contribution < -0.4 is 4.80 Å². The number of thiazole rings is 1. The summed E-state index contributed by atoms with van der Waals surface area (Å²) in [6.07, 6.45) is 0.362. The van der Waals surface area contributed by atoms with Gasteiger partial charge in [-0.2, -0.15) is 4.99 Å². The second kappa shape index (κ2) is 8.37. The van der Waals surface area contributed by atoms with Gasteiger partial charge < -0.3 is 4.57 Å². The molecule has 1 heterocycles. The van der Waals surface area contributed by atoms with Gasteiger partial charge in [-0.25, -0.2) is 8.42 Å². The van der Waals surface area contributed by atoms with Gasteiger partial charge in [0.05, 0.1) is 21.7 Å². The number of hydrogen-bond donors (Lipinski definition) is 0. The fraction of sp³-hybridized carbons (Fsp3) is 0.263. The Labute approximate surface area is 166 Å². The van der Waals surface area contributed by atoms with Gasteiger partial charge in [0.25, 0.3) is 0 Å². The van der Waals surface area contributed by atoms with E-state index in [9.17, 15) is 13.2 Å². The number of nitrogens with zero attached hydrogens (tertiary/aromatic N) is 2. The van der Waals surface area contributed by atoms with E-state index in [4.69, 9.17) is 11.6 Å². The fourth-order valence-corrected chi connectivity index (χ4v) is 5.46. The predicted molar refractivity (Wildman–Crippen MR) is 110 cm³/mol. The lowest BCUT2D eigenvalue weighted by atomic mass is 10.2. The average molecular weight is 423 g/mol. The Kier molecular flexibility index (Phi) is 6.14. The standard InChI is InChI=1S/C19H19ClN2O3S2/c1-22-16-10-9-15(20)12-17(16)26-19(22)21-18(23)8-5-11-27(24,25)13-14-6-3-2-4-7-14/h2-4,6-7,9-10,12H,5,8,11,13H2,1H3. The fourth-order valence-electron chi connectivity index (χ4n) is 2.72. The molecule has 0 aliphatic heterocycles. The molecule has 0 aliphatic carbocycles. The van der Waals surface area contributed by atoms with Crippen molar-refractivity contribution >= 4 is 48.9 Å². The molecule has 2 aromatic carbocycles. The third kappa shape index (κ3) is 5.28. The Balaban J connectivity index is 1.63. The number of fused-ring (bicyclic) bond motifs is 1. The molecule has 0 radical (unpaired) electrons. The van der Waals surface area contributed by atoms with Crippen LogP contribution in [0.15, 0.2) is 53.5 Å². The van der Waals surface area contributed by atoms with Crippen molar-refractivity contribution in [2.75, 3.05) is 5.75 Å². The number of amides is 1. The zero-order chi connectivity index (χ0) is 19.4. The molecule has 3 rings (SSSR count). The number of carbonyl (C=O) groups is 1. The van der Waals surface area contributed by atoms with Gasteiger partial charge in [0, 0.05) is 18.5 Å². The molecule has 0 saturated heterocycles. The number of aromatic nitrogens is 1. The SMILES string of the molecule is Cn1c(=NC(=O)CCCS(=O)(=O)Cc2ccccc2)sc2cc(Cl)ccc21. The normalized spacial score (nSPS) is 12.6. The van der Waals surface area contributed by atoms with E-state index in [2.05, 4.69) is 4.99 Å². The second-order valence-corrected chi connectivity index (χ2v) is 9.87.